The van der Waals surface area contributed by atoms with Gasteiger partial charge in [0.05, 0.1) is 5.69 Å². The molecule has 0 aliphatic carbocycles. The van der Waals surface area contributed by atoms with E-state index >= 15 is 0 Å². The normalized spacial score (nSPS) is 11.6. The minimum absolute atomic E-state index is 0.271. The van der Waals surface area contributed by atoms with E-state index in [2.05, 4.69) is 32.3 Å². The Bertz CT molecular complexity index is 522. The Morgan fingerprint density at radius 1 is 1.22 bits per heavy atom. The summed E-state index contributed by atoms with van der Waals surface area (Å²) in [5.74, 6) is 0.104. The predicted molar refractivity (Wildman–Crippen MR) is 66.3 cm³/mol. The summed E-state index contributed by atoms with van der Waals surface area (Å²) in [4.78, 5) is 4.17. The van der Waals surface area contributed by atoms with Gasteiger partial charge < -0.3 is 9.15 Å². The van der Waals surface area contributed by atoms with E-state index in [1.165, 1.54) is 30.5 Å². The quantitative estimate of drug-likeness (QED) is 0.602. The summed E-state index contributed by atoms with van der Waals surface area (Å²) in [6.07, 6.45) is -3.17. The highest BCUT2D eigenvalue weighted by atomic mass is 127. The third kappa shape index (κ3) is 3.37. The van der Waals surface area contributed by atoms with E-state index in [0.717, 1.165) is 5.69 Å². The number of nitrogens with zero attached hydrogens (tertiary/aromatic N) is 1. The molecule has 2 aromatic rings. The van der Waals surface area contributed by atoms with Gasteiger partial charge in [-0.2, -0.15) is 0 Å². The second kappa shape index (κ2) is 5.17. The molecule has 2 rings (SSSR count). The van der Waals surface area contributed by atoms with Crippen molar-refractivity contribution < 1.29 is 22.3 Å². The maximum Gasteiger partial charge on any atom is 0.573 e. The molecule has 0 bridgehead atoms. The molecular weight excluding hydrogens is 362 g/mol. The number of alkyl halides is 4. The number of hydrogen-bond donors (Lipinski definition) is 0. The average molecular weight is 369 g/mol. The smallest absolute Gasteiger partial charge is 0.444 e. The highest BCUT2D eigenvalue weighted by molar-refractivity contribution is 14.1. The van der Waals surface area contributed by atoms with Crippen molar-refractivity contribution in [3.63, 3.8) is 0 Å². The monoisotopic (exact) mass is 369 g/mol. The minimum Gasteiger partial charge on any atom is -0.444 e. The molecule has 7 heteroatoms. The van der Waals surface area contributed by atoms with Crippen LogP contribution in [0.3, 0.4) is 0 Å². The fraction of sp³-hybridized carbons (Fsp3) is 0.182. The van der Waals surface area contributed by atoms with Gasteiger partial charge in [-0.25, -0.2) is 4.98 Å². The van der Waals surface area contributed by atoms with Crippen LogP contribution in [0.1, 0.15) is 5.69 Å². The first-order chi connectivity index (χ1) is 8.48. The predicted octanol–water partition coefficient (Wildman–Crippen LogP) is 4.18. The van der Waals surface area contributed by atoms with Gasteiger partial charge in [0.2, 0.25) is 5.89 Å². The van der Waals surface area contributed by atoms with Crippen LogP contribution in [0.2, 0.25) is 0 Å². The number of halogens is 4. The number of ether oxygens (including phenoxy) is 1. The Hall–Kier alpha value is -1.25. The van der Waals surface area contributed by atoms with Gasteiger partial charge in [-0.05, 0) is 24.3 Å². The van der Waals surface area contributed by atoms with Gasteiger partial charge in [0, 0.05) is 9.99 Å². The number of aromatic nitrogens is 1. The van der Waals surface area contributed by atoms with Gasteiger partial charge in [-0.1, -0.05) is 22.6 Å². The topological polar surface area (TPSA) is 35.3 Å². The lowest BCUT2D eigenvalue weighted by Gasteiger charge is -2.08. The summed E-state index contributed by atoms with van der Waals surface area (Å²) in [5, 5.41) is 0. The van der Waals surface area contributed by atoms with E-state index < -0.39 is 6.36 Å². The van der Waals surface area contributed by atoms with Crippen molar-refractivity contribution in [1.82, 2.24) is 4.98 Å². The van der Waals surface area contributed by atoms with E-state index in [1.807, 2.05) is 0 Å². The van der Waals surface area contributed by atoms with Crippen LogP contribution in [0, 0.1) is 0 Å². The second-order valence-corrected chi connectivity index (χ2v) is 4.11. The Labute approximate surface area is 114 Å². The third-order valence-corrected chi connectivity index (χ3v) is 2.81. The van der Waals surface area contributed by atoms with E-state index in [9.17, 15) is 13.2 Å². The highest BCUT2D eigenvalue weighted by Gasteiger charge is 2.31. The molecule has 0 saturated carbocycles. The van der Waals surface area contributed by atoms with E-state index in [0.29, 0.717) is 15.9 Å². The molecule has 1 heterocycles. The molecule has 0 radical (unpaired) electrons. The average Bonchev–Trinajstić information content (AvgIpc) is 2.76. The molecule has 96 valence electrons. The molecule has 3 nitrogen and oxygen atoms in total. The standard InChI is InChI=1S/C11H7F3INO2/c12-11(13,14)18-9-3-1-7(2-4-9)10-16-8(5-15)6-17-10/h1-4,6H,5H2. The lowest BCUT2D eigenvalue weighted by molar-refractivity contribution is -0.274. The van der Waals surface area contributed by atoms with Crippen LogP contribution in [-0.4, -0.2) is 11.3 Å². The van der Waals surface area contributed by atoms with Crippen molar-refractivity contribution in [1.29, 1.82) is 0 Å². The van der Waals surface area contributed by atoms with E-state index in [-0.39, 0.29) is 5.75 Å². The maximum atomic E-state index is 12.0. The molecular formula is C11H7F3INO2. The first-order valence-corrected chi connectivity index (χ1v) is 6.37. The van der Waals surface area contributed by atoms with Crippen LogP contribution >= 0.6 is 22.6 Å². The molecule has 0 atom stereocenters. The Morgan fingerprint density at radius 2 is 1.89 bits per heavy atom. The summed E-state index contributed by atoms with van der Waals surface area (Å²) in [5.41, 5.74) is 1.38. The largest absolute Gasteiger partial charge is 0.573 e. The Morgan fingerprint density at radius 3 is 2.39 bits per heavy atom. The van der Waals surface area contributed by atoms with Crippen LogP contribution in [-0.2, 0) is 4.43 Å². The van der Waals surface area contributed by atoms with Crippen molar-refractivity contribution in [3.8, 4) is 17.2 Å². The molecule has 0 spiro atoms. The summed E-state index contributed by atoms with van der Waals surface area (Å²) in [6, 6.07) is 5.36. The fourth-order valence-electron chi connectivity index (χ4n) is 1.30. The van der Waals surface area contributed by atoms with E-state index in [1.54, 1.807) is 0 Å². The molecule has 0 fully saturated rings. The molecule has 0 saturated heterocycles. The van der Waals surface area contributed by atoms with Crippen LogP contribution in [0.25, 0.3) is 11.5 Å². The molecule has 18 heavy (non-hydrogen) atoms. The number of hydrogen-bond acceptors (Lipinski definition) is 3. The van der Waals surface area contributed by atoms with Crippen molar-refractivity contribution >= 4 is 22.6 Å². The van der Waals surface area contributed by atoms with Gasteiger partial charge in [-0.3, -0.25) is 0 Å². The molecule has 1 aromatic carbocycles. The van der Waals surface area contributed by atoms with Crippen molar-refractivity contribution in [3.05, 3.63) is 36.2 Å². The number of rotatable bonds is 3. The van der Waals surface area contributed by atoms with Crippen LogP contribution in [0.4, 0.5) is 13.2 Å². The van der Waals surface area contributed by atoms with Gasteiger partial charge in [0.1, 0.15) is 12.0 Å². The lowest BCUT2D eigenvalue weighted by Crippen LogP contribution is -2.16. The van der Waals surface area contributed by atoms with Gasteiger partial charge in [0.15, 0.2) is 0 Å². The lowest BCUT2D eigenvalue weighted by atomic mass is 10.2. The maximum absolute atomic E-state index is 12.0. The first kappa shape index (κ1) is 13.2. The van der Waals surface area contributed by atoms with Gasteiger partial charge in [0.25, 0.3) is 0 Å². The van der Waals surface area contributed by atoms with Crippen molar-refractivity contribution in [2.45, 2.75) is 10.8 Å². The Kier molecular flexibility index (Phi) is 3.79. The fourth-order valence-corrected chi connectivity index (χ4v) is 1.65. The highest BCUT2D eigenvalue weighted by Crippen LogP contribution is 2.26. The van der Waals surface area contributed by atoms with E-state index in [4.69, 9.17) is 4.42 Å². The molecule has 0 N–H and O–H groups in total. The number of benzene rings is 1. The first-order valence-electron chi connectivity index (χ1n) is 4.84. The molecule has 0 aliphatic heterocycles. The van der Waals surface area contributed by atoms with Crippen molar-refractivity contribution in [2.75, 3.05) is 0 Å². The minimum atomic E-state index is -4.68. The number of oxazole rings is 1. The van der Waals surface area contributed by atoms with Gasteiger partial charge in [-0.15, -0.1) is 13.2 Å². The van der Waals surface area contributed by atoms with Gasteiger partial charge >= 0.3 is 6.36 Å². The second-order valence-electron chi connectivity index (χ2n) is 3.35. The third-order valence-electron chi connectivity index (χ3n) is 2.02. The molecule has 1 aromatic heterocycles. The molecule has 0 unspecified atom stereocenters. The van der Waals surface area contributed by atoms with Crippen LogP contribution in [0.5, 0.6) is 5.75 Å². The molecule has 0 amide bonds. The summed E-state index contributed by atoms with van der Waals surface area (Å²) >= 11 is 2.14. The zero-order chi connectivity index (χ0) is 13.2. The summed E-state index contributed by atoms with van der Waals surface area (Å²) in [7, 11) is 0. The van der Waals surface area contributed by atoms with Crippen molar-refractivity contribution in [2.24, 2.45) is 0 Å². The zero-order valence-electron chi connectivity index (χ0n) is 8.87. The Balaban J connectivity index is 2.17. The van der Waals surface area contributed by atoms with Crippen LogP contribution in [0.15, 0.2) is 34.9 Å². The van der Waals surface area contributed by atoms with Crippen LogP contribution < -0.4 is 4.74 Å². The summed E-state index contributed by atoms with van der Waals surface area (Å²) < 4.78 is 45.6. The SMILES string of the molecule is FC(F)(F)Oc1ccc(-c2nc(CI)co2)cc1. The molecule has 0 aliphatic rings. The zero-order valence-corrected chi connectivity index (χ0v) is 11.0. The summed E-state index contributed by atoms with van der Waals surface area (Å²) in [6.45, 7) is 0.